The first kappa shape index (κ1) is 13.5. The summed E-state index contributed by atoms with van der Waals surface area (Å²) in [4.78, 5) is 13.9. The zero-order valence-electron chi connectivity index (χ0n) is 11.1. The summed E-state index contributed by atoms with van der Waals surface area (Å²) in [6.07, 6.45) is 2.34. The number of hydrogen-bond acceptors (Lipinski definition) is 2. The first-order valence-electron chi connectivity index (χ1n) is 6.52. The summed E-state index contributed by atoms with van der Waals surface area (Å²) in [5, 5.41) is 3.19. The highest BCUT2D eigenvalue weighted by molar-refractivity contribution is 5.78. The molecule has 1 amide bonds. The van der Waals surface area contributed by atoms with Gasteiger partial charge in [0, 0.05) is 19.1 Å². The lowest BCUT2D eigenvalue weighted by Gasteiger charge is -2.34. The van der Waals surface area contributed by atoms with E-state index in [1.807, 2.05) is 4.90 Å². The number of amides is 1. The summed E-state index contributed by atoms with van der Waals surface area (Å²) in [5.41, 5.74) is 0. The number of rotatable bonds is 4. The fourth-order valence-electron chi connectivity index (χ4n) is 2.22. The Bertz CT molecular complexity index is 218. The van der Waals surface area contributed by atoms with Crippen LogP contribution in [0.2, 0.25) is 0 Å². The Morgan fingerprint density at radius 3 is 2.25 bits per heavy atom. The van der Waals surface area contributed by atoms with Crippen molar-refractivity contribution in [2.45, 2.75) is 46.6 Å². The monoisotopic (exact) mass is 226 g/mol. The predicted octanol–water partition coefficient (Wildman–Crippen LogP) is 1.88. The zero-order valence-corrected chi connectivity index (χ0v) is 11.1. The summed E-state index contributed by atoms with van der Waals surface area (Å²) in [6.45, 7) is 11.1. The van der Waals surface area contributed by atoms with Gasteiger partial charge >= 0.3 is 0 Å². The van der Waals surface area contributed by atoms with Crippen molar-refractivity contribution >= 4 is 5.91 Å². The molecule has 1 saturated heterocycles. The minimum atomic E-state index is 0.260. The highest BCUT2D eigenvalue weighted by Crippen LogP contribution is 2.24. The van der Waals surface area contributed by atoms with E-state index in [1.54, 1.807) is 0 Å². The maximum absolute atomic E-state index is 11.8. The Morgan fingerprint density at radius 1 is 1.25 bits per heavy atom. The molecular weight excluding hydrogens is 200 g/mol. The van der Waals surface area contributed by atoms with Gasteiger partial charge in [0.1, 0.15) is 0 Å². The number of carbonyl (C=O) groups excluding carboxylic acids is 1. The fraction of sp³-hybridized carbons (Fsp3) is 0.923. The topological polar surface area (TPSA) is 32.3 Å². The molecule has 0 aromatic carbocycles. The van der Waals surface area contributed by atoms with Gasteiger partial charge in [-0.05, 0) is 24.7 Å². The molecule has 94 valence electrons. The molecule has 1 aliphatic rings. The van der Waals surface area contributed by atoms with Crippen LogP contribution in [0.3, 0.4) is 0 Å². The van der Waals surface area contributed by atoms with E-state index >= 15 is 0 Å². The Hall–Kier alpha value is -0.570. The zero-order chi connectivity index (χ0) is 12.1. The SMILES string of the molecule is CC(C)NCC(=O)N1CCC(C(C)C)CC1. The van der Waals surface area contributed by atoms with Crippen LogP contribution >= 0.6 is 0 Å². The number of nitrogens with zero attached hydrogens (tertiary/aromatic N) is 1. The molecule has 16 heavy (non-hydrogen) atoms. The van der Waals surface area contributed by atoms with E-state index in [9.17, 15) is 4.79 Å². The lowest BCUT2D eigenvalue weighted by Crippen LogP contribution is -2.44. The first-order chi connectivity index (χ1) is 7.50. The average Bonchev–Trinajstić information content (AvgIpc) is 2.26. The smallest absolute Gasteiger partial charge is 0.236 e. The Balaban J connectivity index is 2.27. The van der Waals surface area contributed by atoms with Gasteiger partial charge in [-0.15, -0.1) is 0 Å². The Labute approximate surface area is 99.6 Å². The molecule has 0 spiro atoms. The van der Waals surface area contributed by atoms with Crippen LogP contribution in [0.15, 0.2) is 0 Å². The van der Waals surface area contributed by atoms with Crippen LogP contribution in [-0.2, 0) is 4.79 Å². The van der Waals surface area contributed by atoms with Crippen LogP contribution in [0, 0.1) is 11.8 Å². The lowest BCUT2D eigenvalue weighted by molar-refractivity contribution is -0.131. The van der Waals surface area contributed by atoms with Crippen molar-refractivity contribution in [2.24, 2.45) is 11.8 Å². The Morgan fingerprint density at radius 2 is 1.81 bits per heavy atom. The van der Waals surface area contributed by atoms with Gasteiger partial charge in [0.25, 0.3) is 0 Å². The van der Waals surface area contributed by atoms with Crippen LogP contribution in [0.5, 0.6) is 0 Å². The van der Waals surface area contributed by atoms with Gasteiger partial charge in [-0.1, -0.05) is 27.7 Å². The molecule has 1 aliphatic heterocycles. The van der Waals surface area contributed by atoms with Gasteiger partial charge in [0.05, 0.1) is 6.54 Å². The molecule has 1 N–H and O–H groups in total. The van der Waals surface area contributed by atoms with Gasteiger partial charge < -0.3 is 10.2 Å². The highest BCUT2D eigenvalue weighted by atomic mass is 16.2. The van der Waals surface area contributed by atoms with E-state index in [0.717, 1.165) is 24.9 Å². The second kappa shape index (κ2) is 6.24. The Kier molecular flexibility index (Phi) is 5.26. The summed E-state index contributed by atoms with van der Waals surface area (Å²) in [7, 11) is 0. The van der Waals surface area contributed by atoms with Crippen molar-refractivity contribution in [3.63, 3.8) is 0 Å². The van der Waals surface area contributed by atoms with Crippen molar-refractivity contribution in [2.75, 3.05) is 19.6 Å². The van der Waals surface area contributed by atoms with Crippen molar-refractivity contribution in [1.82, 2.24) is 10.2 Å². The molecule has 3 nitrogen and oxygen atoms in total. The lowest BCUT2D eigenvalue weighted by atomic mass is 9.87. The third kappa shape index (κ3) is 4.12. The largest absolute Gasteiger partial charge is 0.342 e. The fourth-order valence-corrected chi connectivity index (χ4v) is 2.22. The molecule has 0 atom stereocenters. The van der Waals surface area contributed by atoms with Gasteiger partial charge in [-0.25, -0.2) is 0 Å². The third-order valence-corrected chi connectivity index (χ3v) is 3.50. The van der Waals surface area contributed by atoms with Crippen molar-refractivity contribution in [1.29, 1.82) is 0 Å². The second-order valence-corrected chi connectivity index (χ2v) is 5.50. The van der Waals surface area contributed by atoms with Crippen LogP contribution in [-0.4, -0.2) is 36.5 Å². The number of hydrogen-bond donors (Lipinski definition) is 1. The molecule has 0 aliphatic carbocycles. The molecule has 3 heteroatoms. The van der Waals surface area contributed by atoms with Gasteiger partial charge in [0.15, 0.2) is 0 Å². The second-order valence-electron chi connectivity index (χ2n) is 5.50. The first-order valence-corrected chi connectivity index (χ1v) is 6.52. The third-order valence-electron chi connectivity index (χ3n) is 3.50. The molecule has 1 fully saturated rings. The number of piperidine rings is 1. The van der Waals surface area contributed by atoms with E-state index in [1.165, 1.54) is 12.8 Å². The van der Waals surface area contributed by atoms with E-state index < -0.39 is 0 Å². The van der Waals surface area contributed by atoms with Gasteiger partial charge in [-0.3, -0.25) is 4.79 Å². The molecule has 0 aromatic rings. The standard InChI is InChI=1S/C13H26N2O/c1-10(2)12-5-7-15(8-6-12)13(16)9-14-11(3)4/h10-12,14H,5-9H2,1-4H3. The van der Waals surface area contributed by atoms with Crippen molar-refractivity contribution in [3.05, 3.63) is 0 Å². The minimum absolute atomic E-state index is 0.260. The summed E-state index contributed by atoms with van der Waals surface area (Å²) in [6, 6.07) is 0.386. The number of carbonyl (C=O) groups is 1. The predicted molar refractivity (Wildman–Crippen MR) is 67.3 cm³/mol. The maximum atomic E-state index is 11.8. The van der Waals surface area contributed by atoms with Crippen LogP contribution in [0.1, 0.15) is 40.5 Å². The highest BCUT2D eigenvalue weighted by Gasteiger charge is 2.24. The van der Waals surface area contributed by atoms with Crippen molar-refractivity contribution in [3.8, 4) is 0 Å². The molecule has 0 bridgehead atoms. The van der Waals surface area contributed by atoms with Crippen LogP contribution in [0.4, 0.5) is 0 Å². The molecule has 1 rings (SSSR count). The van der Waals surface area contributed by atoms with E-state index in [-0.39, 0.29) is 5.91 Å². The number of nitrogens with one attached hydrogen (secondary N) is 1. The van der Waals surface area contributed by atoms with E-state index in [4.69, 9.17) is 0 Å². The van der Waals surface area contributed by atoms with E-state index in [2.05, 4.69) is 33.0 Å². The molecule has 0 unspecified atom stereocenters. The summed E-state index contributed by atoms with van der Waals surface area (Å²) >= 11 is 0. The number of likely N-dealkylation sites (tertiary alicyclic amines) is 1. The summed E-state index contributed by atoms with van der Waals surface area (Å²) < 4.78 is 0. The molecule has 0 saturated carbocycles. The van der Waals surface area contributed by atoms with E-state index in [0.29, 0.717) is 12.6 Å². The van der Waals surface area contributed by atoms with Crippen molar-refractivity contribution < 1.29 is 4.79 Å². The maximum Gasteiger partial charge on any atom is 0.236 e. The van der Waals surface area contributed by atoms with Crippen LogP contribution < -0.4 is 5.32 Å². The molecule has 1 heterocycles. The summed E-state index contributed by atoms with van der Waals surface area (Å²) in [5.74, 6) is 1.82. The molecular formula is C13H26N2O. The van der Waals surface area contributed by atoms with Gasteiger partial charge in [-0.2, -0.15) is 0 Å². The quantitative estimate of drug-likeness (QED) is 0.794. The average molecular weight is 226 g/mol. The van der Waals surface area contributed by atoms with Gasteiger partial charge in [0.2, 0.25) is 5.91 Å². The molecule has 0 radical (unpaired) electrons. The minimum Gasteiger partial charge on any atom is -0.342 e. The molecule has 0 aromatic heterocycles. The normalized spacial score (nSPS) is 18.5. The van der Waals surface area contributed by atoms with Crippen LogP contribution in [0.25, 0.3) is 0 Å².